The van der Waals surface area contributed by atoms with E-state index in [1.165, 1.54) is 32.6 Å². The van der Waals surface area contributed by atoms with Gasteiger partial charge in [-0.25, -0.2) is 15.0 Å². The highest BCUT2D eigenvalue weighted by atomic mass is 15.0. The molecule has 13 rings (SSSR count). The fourth-order valence-corrected chi connectivity index (χ4v) is 9.80. The zero-order valence-electron chi connectivity index (χ0n) is 34.0. The molecule has 294 valence electrons. The van der Waals surface area contributed by atoms with Crippen LogP contribution in [0.5, 0.6) is 0 Å². The van der Waals surface area contributed by atoms with Gasteiger partial charge in [0.1, 0.15) is 0 Å². The van der Waals surface area contributed by atoms with Gasteiger partial charge in [0, 0.05) is 66.1 Å². The smallest absolute Gasteiger partial charge is 0.164 e. The molecule has 0 aliphatic carbocycles. The molecule has 0 amide bonds. The summed E-state index contributed by atoms with van der Waals surface area (Å²) < 4.78 is 7.25. The Kier molecular flexibility index (Phi) is 7.80. The summed E-state index contributed by atoms with van der Waals surface area (Å²) in [5, 5.41) is 7.03. The van der Waals surface area contributed by atoms with Crippen molar-refractivity contribution in [1.29, 1.82) is 0 Å². The van der Waals surface area contributed by atoms with Gasteiger partial charge in [-0.05, 0) is 66.7 Å². The van der Waals surface area contributed by atoms with Crippen LogP contribution in [0.15, 0.2) is 218 Å². The average Bonchev–Trinajstić information content (AvgIpc) is 4.00. The highest BCUT2D eigenvalue weighted by Crippen LogP contribution is 2.45. The maximum atomic E-state index is 5.22. The Labute approximate surface area is 362 Å². The molecule has 4 heterocycles. The molecule has 0 atom stereocenters. The number of hydrogen-bond acceptors (Lipinski definition) is 3. The molecular weight excluding hydrogens is 769 g/mol. The topological polar surface area (TPSA) is 53.5 Å². The van der Waals surface area contributed by atoms with Crippen LogP contribution in [0.3, 0.4) is 0 Å². The Morgan fingerprint density at radius 3 is 1.41 bits per heavy atom. The van der Waals surface area contributed by atoms with Gasteiger partial charge in [0.25, 0.3) is 0 Å². The van der Waals surface area contributed by atoms with E-state index in [0.29, 0.717) is 17.5 Å². The molecule has 13 aromatic rings. The molecule has 0 N–H and O–H groups in total. The quantitative estimate of drug-likeness (QED) is 0.168. The van der Waals surface area contributed by atoms with Crippen molar-refractivity contribution >= 4 is 65.4 Å². The molecular formula is C57H36N6. The molecule has 63 heavy (non-hydrogen) atoms. The largest absolute Gasteiger partial charge is 0.309 e. The molecule has 0 radical (unpaired) electrons. The number of fused-ring (bicyclic) bond motifs is 10. The summed E-state index contributed by atoms with van der Waals surface area (Å²) in [7, 11) is 0. The van der Waals surface area contributed by atoms with Crippen LogP contribution in [0.2, 0.25) is 0 Å². The molecule has 9 aromatic carbocycles. The predicted octanol–water partition coefficient (Wildman–Crippen LogP) is 14.2. The first-order valence-corrected chi connectivity index (χ1v) is 21.3. The fourth-order valence-electron chi connectivity index (χ4n) is 9.80. The zero-order chi connectivity index (χ0) is 41.4. The van der Waals surface area contributed by atoms with E-state index < -0.39 is 0 Å². The summed E-state index contributed by atoms with van der Waals surface area (Å²) in [6.45, 7) is 0. The highest BCUT2D eigenvalue weighted by Gasteiger charge is 2.24. The van der Waals surface area contributed by atoms with Crippen molar-refractivity contribution in [2.24, 2.45) is 0 Å². The molecule has 0 saturated heterocycles. The average molecular weight is 805 g/mol. The molecule has 0 bridgehead atoms. The Hall–Kier alpha value is -8.61. The fraction of sp³-hybridized carbons (Fsp3) is 0. The van der Waals surface area contributed by atoms with E-state index in [1.54, 1.807) is 0 Å². The maximum Gasteiger partial charge on any atom is 0.164 e. The number of nitrogens with zero attached hydrogens (tertiary/aromatic N) is 6. The molecule has 0 aliphatic rings. The lowest BCUT2D eigenvalue weighted by Gasteiger charge is -2.11. The van der Waals surface area contributed by atoms with Crippen molar-refractivity contribution in [3.8, 4) is 51.2 Å². The van der Waals surface area contributed by atoms with Gasteiger partial charge in [-0.1, -0.05) is 152 Å². The van der Waals surface area contributed by atoms with Crippen molar-refractivity contribution in [2.75, 3.05) is 0 Å². The molecule has 0 spiro atoms. The highest BCUT2D eigenvalue weighted by molar-refractivity contribution is 6.28. The first-order valence-electron chi connectivity index (χ1n) is 21.3. The lowest BCUT2D eigenvalue weighted by molar-refractivity contribution is 1.08. The lowest BCUT2D eigenvalue weighted by atomic mass is 10.0. The van der Waals surface area contributed by atoms with Gasteiger partial charge < -0.3 is 13.7 Å². The Morgan fingerprint density at radius 1 is 0.270 bits per heavy atom. The van der Waals surface area contributed by atoms with Crippen LogP contribution >= 0.6 is 0 Å². The van der Waals surface area contributed by atoms with Crippen molar-refractivity contribution in [3.63, 3.8) is 0 Å². The molecule has 4 aromatic heterocycles. The van der Waals surface area contributed by atoms with Crippen molar-refractivity contribution < 1.29 is 0 Å². The monoisotopic (exact) mass is 804 g/mol. The third-order valence-electron chi connectivity index (χ3n) is 12.5. The van der Waals surface area contributed by atoms with Crippen LogP contribution in [0.1, 0.15) is 0 Å². The van der Waals surface area contributed by atoms with Crippen molar-refractivity contribution in [1.82, 2.24) is 28.7 Å². The number of hydrogen-bond donors (Lipinski definition) is 0. The zero-order valence-corrected chi connectivity index (χ0v) is 34.0. The Morgan fingerprint density at radius 2 is 0.746 bits per heavy atom. The number of benzene rings is 9. The van der Waals surface area contributed by atoms with E-state index in [9.17, 15) is 0 Å². The van der Waals surface area contributed by atoms with Gasteiger partial charge in [-0.2, -0.15) is 0 Å². The lowest BCUT2D eigenvalue weighted by Crippen LogP contribution is -2.00. The van der Waals surface area contributed by atoms with Crippen LogP contribution in [0, 0.1) is 0 Å². The minimum atomic E-state index is 0.630. The summed E-state index contributed by atoms with van der Waals surface area (Å²) in [6.07, 6.45) is 0. The normalized spacial score (nSPS) is 11.8. The third-order valence-corrected chi connectivity index (χ3v) is 12.5. The SMILES string of the molecule is c1ccc(-c2nc(-c3ccccc3)nc(-c3cccc4c3c3ccc5c(c6ccccc6n5-c5ccc6c(c5)c5ccccc5n6-c5ccccc5)c3n4-c3ccccc3)n2)cc1. The summed E-state index contributed by atoms with van der Waals surface area (Å²) in [4.78, 5) is 15.5. The molecule has 0 unspecified atom stereocenters. The predicted molar refractivity (Wildman–Crippen MR) is 259 cm³/mol. The maximum absolute atomic E-state index is 5.22. The van der Waals surface area contributed by atoms with Crippen molar-refractivity contribution in [2.45, 2.75) is 0 Å². The van der Waals surface area contributed by atoms with E-state index >= 15 is 0 Å². The van der Waals surface area contributed by atoms with Gasteiger partial charge >= 0.3 is 0 Å². The summed E-state index contributed by atoms with van der Waals surface area (Å²) in [5.74, 6) is 1.90. The third kappa shape index (κ3) is 5.41. The summed E-state index contributed by atoms with van der Waals surface area (Å²) >= 11 is 0. The van der Waals surface area contributed by atoms with E-state index in [1.807, 2.05) is 36.4 Å². The van der Waals surface area contributed by atoms with Crippen LogP contribution < -0.4 is 0 Å². The van der Waals surface area contributed by atoms with E-state index in [0.717, 1.165) is 66.6 Å². The van der Waals surface area contributed by atoms with Crippen LogP contribution in [0.25, 0.3) is 117 Å². The van der Waals surface area contributed by atoms with E-state index in [2.05, 4.69) is 196 Å². The summed E-state index contributed by atoms with van der Waals surface area (Å²) in [5.41, 5.74) is 13.0. The van der Waals surface area contributed by atoms with Crippen LogP contribution in [0.4, 0.5) is 0 Å². The summed E-state index contributed by atoms with van der Waals surface area (Å²) in [6, 6.07) is 77.3. The van der Waals surface area contributed by atoms with Crippen molar-refractivity contribution in [3.05, 3.63) is 218 Å². The van der Waals surface area contributed by atoms with Gasteiger partial charge in [-0.3, -0.25) is 0 Å². The van der Waals surface area contributed by atoms with Crippen LogP contribution in [-0.4, -0.2) is 28.7 Å². The molecule has 0 saturated carbocycles. The van der Waals surface area contributed by atoms with Gasteiger partial charge in [0.15, 0.2) is 17.5 Å². The van der Waals surface area contributed by atoms with Gasteiger partial charge in [-0.15, -0.1) is 0 Å². The standard InChI is InChI=1S/C57H36N6/c1-5-18-37(19-6-1)55-58-56(38-20-7-2-8-21-38)60-57(59-55)45-28-17-31-50-52(45)44-33-35-51-53(54(44)63(50)40-24-11-4-12-25-40)43-27-14-16-30-48(43)62(51)41-32-34-49-46(36-41)42-26-13-15-29-47(42)61(49)39-22-9-3-10-23-39/h1-36H. The molecule has 0 aliphatic heterocycles. The Balaban J connectivity index is 1.11. The minimum Gasteiger partial charge on any atom is -0.309 e. The minimum absolute atomic E-state index is 0.630. The number of rotatable bonds is 6. The first-order chi connectivity index (χ1) is 31.3. The second kappa shape index (κ2) is 14.0. The van der Waals surface area contributed by atoms with E-state index in [-0.39, 0.29) is 0 Å². The first kappa shape index (κ1) is 35.2. The van der Waals surface area contributed by atoms with Gasteiger partial charge in [0.2, 0.25) is 0 Å². The van der Waals surface area contributed by atoms with Gasteiger partial charge in [0.05, 0.1) is 33.1 Å². The molecule has 0 fully saturated rings. The second-order valence-electron chi connectivity index (χ2n) is 16.0. The second-order valence-corrected chi connectivity index (χ2v) is 16.0. The molecule has 6 heteroatoms. The molecule has 6 nitrogen and oxygen atoms in total. The van der Waals surface area contributed by atoms with Crippen LogP contribution in [-0.2, 0) is 0 Å². The number of aromatic nitrogens is 6. The Bertz CT molecular complexity index is 3830. The van der Waals surface area contributed by atoms with E-state index in [4.69, 9.17) is 15.0 Å². The number of para-hydroxylation sites is 4.